The van der Waals surface area contributed by atoms with Crippen molar-refractivity contribution in [2.24, 2.45) is 11.8 Å². The van der Waals surface area contributed by atoms with Gasteiger partial charge in [-0.1, -0.05) is 19.9 Å². The fourth-order valence-corrected chi connectivity index (χ4v) is 4.04. The molecular weight excluding hydrogens is 302 g/mol. The van der Waals surface area contributed by atoms with Gasteiger partial charge in [-0.25, -0.2) is 0 Å². The van der Waals surface area contributed by atoms with Gasteiger partial charge in [0.1, 0.15) is 5.75 Å². The molecule has 2 aliphatic rings. The molecular formula is C20H31NO3. The van der Waals surface area contributed by atoms with Crippen molar-refractivity contribution in [2.75, 3.05) is 24.7 Å². The molecule has 0 bridgehead atoms. The first kappa shape index (κ1) is 17.6. The van der Waals surface area contributed by atoms with Crippen molar-refractivity contribution in [3.63, 3.8) is 0 Å². The minimum Gasteiger partial charge on any atom is -0.508 e. The van der Waals surface area contributed by atoms with Crippen LogP contribution in [0.3, 0.4) is 0 Å². The number of hydrogen-bond donors (Lipinski definition) is 1. The van der Waals surface area contributed by atoms with E-state index in [1.807, 2.05) is 12.1 Å². The summed E-state index contributed by atoms with van der Waals surface area (Å²) in [6.07, 6.45) is 5.45. The van der Waals surface area contributed by atoms with Crippen molar-refractivity contribution in [3.05, 3.63) is 24.3 Å². The molecule has 1 aromatic rings. The van der Waals surface area contributed by atoms with E-state index in [1.165, 1.54) is 6.42 Å². The van der Waals surface area contributed by atoms with Gasteiger partial charge in [-0.3, -0.25) is 0 Å². The van der Waals surface area contributed by atoms with Gasteiger partial charge in [0.15, 0.2) is 6.29 Å². The Morgan fingerprint density at radius 3 is 2.71 bits per heavy atom. The van der Waals surface area contributed by atoms with E-state index < -0.39 is 0 Å². The van der Waals surface area contributed by atoms with Crippen molar-refractivity contribution < 1.29 is 14.6 Å². The third-order valence-corrected chi connectivity index (χ3v) is 5.73. The highest BCUT2D eigenvalue weighted by Gasteiger charge is 2.33. The SMILES string of the molecule is CC1CCN(c2cccc(O)c2)C(CCCC2OCCCO2)C1C. The van der Waals surface area contributed by atoms with Gasteiger partial charge >= 0.3 is 0 Å². The summed E-state index contributed by atoms with van der Waals surface area (Å²) in [5.74, 6) is 1.74. The lowest BCUT2D eigenvalue weighted by Gasteiger charge is -2.45. The standard InChI is InChI=1S/C20H31NO3/c1-15-10-11-21(17-6-3-7-18(22)14-17)19(16(15)2)8-4-9-20-23-12-5-13-24-20/h3,6-7,14-16,19-20,22H,4-5,8-13H2,1-2H3. The minimum absolute atomic E-state index is 0.00992. The first-order valence-corrected chi connectivity index (χ1v) is 9.44. The van der Waals surface area contributed by atoms with Crippen LogP contribution in [0.5, 0.6) is 5.75 Å². The lowest BCUT2D eigenvalue weighted by Crippen LogP contribution is -2.47. The highest BCUT2D eigenvalue weighted by molar-refractivity contribution is 5.51. The number of piperidine rings is 1. The van der Waals surface area contributed by atoms with Crippen LogP contribution >= 0.6 is 0 Å². The van der Waals surface area contributed by atoms with E-state index in [2.05, 4.69) is 24.8 Å². The maximum atomic E-state index is 9.83. The van der Waals surface area contributed by atoms with Crippen molar-refractivity contribution in [1.82, 2.24) is 0 Å². The second kappa shape index (κ2) is 8.21. The summed E-state index contributed by atoms with van der Waals surface area (Å²) < 4.78 is 11.3. The molecule has 2 aliphatic heterocycles. The zero-order valence-electron chi connectivity index (χ0n) is 15.0. The van der Waals surface area contributed by atoms with Crippen molar-refractivity contribution in [3.8, 4) is 5.75 Å². The van der Waals surface area contributed by atoms with Crippen LogP contribution in [0.15, 0.2) is 24.3 Å². The topological polar surface area (TPSA) is 41.9 Å². The summed E-state index contributed by atoms with van der Waals surface area (Å²) >= 11 is 0. The van der Waals surface area contributed by atoms with Crippen molar-refractivity contribution >= 4 is 5.69 Å². The number of aromatic hydroxyl groups is 1. The lowest BCUT2D eigenvalue weighted by molar-refractivity contribution is -0.181. The van der Waals surface area contributed by atoms with Gasteiger partial charge in [0.2, 0.25) is 0 Å². The summed E-state index contributed by atoms with van der Waals surface area (Å²) in [7, 11) is 0. The third kappa shape index (κ3) is 4.22. The van der Waals surface area contributed by atoms with Gasteiger partial charge in [-0.2, -0.15) is 0 Å². The first-order chi connectivity index (χ1) is 11.6. The molecule has 0 amide bonds. The zero-order valence-corrected chi connectivity index (χ0v) is 15.0. The van der Waals surface area contributed by atoms with Gasteiger partial charge in [0, 0.05) is 24.3 Å². The highest BCUT2D eigenvalue weighted by atomic mass is 16.7. The predicted octanol–water partition coefficient (Wildman–Crippen LogP) is 4.18. The fraction of sp³-hybridized carbons (Fsp3) is 0.700. The quantitative estimate of drug-likeness (QED) is 0.878. The number of hydrogen-bond acceptors (Lipinski definition) is 4. The molecule has 3 atom stereocenters. The Morgan fingerprint density at radius 2 is 1.96 bits per heavy atom. The first-order valence-electron chi connectivity index (χ1n) is 9.44. The van der Waals surface area contributed by atoms with Crippen molar-refractivity contribution in [1.29, 1.82) is 0 Å². The minimum atomic E-state index is -0.00992. The maximum Gasteiger partial charge on any atom is 0.157 e. The number of nitrogens with zero attached hydrogens (tertiary/aromatic N) is 1. The highest BCUT2D eigenvalue weighted by Crippen LogP contribution is 2.36. The Labute approximate surface area is 145 Å². The number of ether oxygens (including phenoxy) is 2. The molecule has 1 aromatic carbocycles. The Hall–Kier alpha value is -1.26. The largest absolute Gasteiger partial charge is 0.508 e. The van der Waals surface area contributed by atoms with E-state index in [-0.39, 0.29) is 6.29 Å². The summed E-state index contributed by atoms with van der Waals surface area (Å²) in [4.78, 5) is 2.49. The molecule has 2 heterocycles. The molecule has 0 aliphatic carbocycles. The molecule has 3 rings (SSSR count). The van der Waals surface area contributed by atoms with Crippen LogP contribution in [-0.4, -0.2) is 37.2 Å². The van der Waals surface area contributed by atoms with Crippen LogP contribution in [-0.2, 0) is 9.47 Å². The van der Waals surface area contributed by atoms with E-state index in [9.17, 15) is 5.11 Å². The van der Waals surface area contributed by atoms with Crippen LogP contribution in [0.4, 0.5) is 5.69 Å². The summed E-state index contributed by atoms with van der Waals surface area (Å²) in [6, 6.07) is 8.20. The van der Waals surface area contributed by atoms with Gasteiger partial charge < -0.3 is 19.5 Å². The molecule has 24 heavy (non-hydrogen) atoms. The number of phenolic OH excluding ortho intramolecular Hbond substituents is 1. The Bertz CT molecular complexity index is 515. The van der Waals surface area contributed by atoms with E-state index in [1.54, 1.807) is 6.07 Å². The Kier molecular flexibility index (Phi) is 6.01. The third-order valence-electron chi connectivity index (χ3n) is 5.73. The molecule has 134 valence electrons. The van der Waals surface area contributed by atoms with E-state index in [0.717, 1.165) is 57.0 Å². The Balaban J connectivity index is 1.63. The molecule has 3 unspecified atom stereocenters. The van der Waals surface area contributed by atoms with Gasteiger partial charge in [-0.05, 0) is 56.1 Å². The van der Waals surface area contributed by atoms with Crippen LogP contribution in [0.2, 0.25) is 0 Å². The molecule has 0 radical (unpaired) electrons. The Morgan fingerprint density at radius 1 is 1.17 bits per heavy atom. The van der Waals surface area contributed by atoms with E-state index in [0.29, 0.717) is 17.7 Å². The van der Waals surface area contributed by atoms with Crippen molar-refractivity contribution in [2.45, 2.75) is 58.3 Å². The second-order valence-corrected chi connectivity index (χ2v) is 7.36. The van der Waals surface area contributed by atoms with Crippen LogP contribution in [0.1, 0.15) is 46.0 Å². The van der Waals surface area contributed by atoms with Gasteiger partial charge in [0.05, 0.1) is 13.2 Å². The summed E-state index contributed by atoms with van der Waals surface area (Å²) in [6.45, 7) is 7.46. The average Bonchev–Trinajstić information content (AvgIpc) is 2.60. The zero-order chi connectivity index (χ0) is 16.9. The van der Waals surface area contributed by atoms with E-state index >= 15 is 0 Å². The fourth-order valence-electron chi connectivity index (χ4n) is 4.04. The molecule has 4 nitrogen and oxygen atoms in total. The molecule has 1 N–H and O–H groups in total. The van der Waals surface area contributed by atoms with Gasteiger partial charge in [-0.15, -0.1) is 0 Å². The molecule has 2 saturated heterocycles. The second-order valence-electron chi connectivity index (χ2n) is 7.36. The monoisotopic (exact) mass is 333 g/mol. The lowest BCUT2D eigenvalue weighted by atomic mass is 9.79. The van der Waals surface area contributed by atoms with Gasteiger partial charge in [0.25, 0.3) is 0 Å². The van der Waals surface area contributed by atoms with Crippen LogP contribution in [0.25, 0.3) is 0 Å². The smallest absolute Gasteiger partial charge is 0.157 e. The van der Waals surface area contributed by atoms with Crippen LogP contribution in [0, 0.1) is 11.8 Å². The maximum absolute atomic E-state index is 9.83. The average molecular weight is 333 g/mol. The molecule has 0 saturated carbocycles. The van der Waals surface area contributed by atoms with Crippen LogP contribution < -0.4 is 4.90 Å². The van der Waals surface area contributed by atoms with E-state index in [4.69, 9.17) is 9.47 Å². The number of phenols is 1. The predicted molar refractivity (Wildman–Crippen MR) is 96.3 cm³/mol. The summed E-state index contributed by atoms with van der Waals surface area (Å²) in [5.41, 5.74) is 1.14. The molecule has 0 spiro atoms. The molecule has 4 heteroatoms. The summed E-state index contributed by atoms with van der Waals surface area (Å²) in [5, 5.41) is 9.83. The number of benzene rings is 1. The normalized spacial score (nSPS) is 28.9. The molecule has 0 aromatic heterocycles. The number of rotatable bonds is 5. The molecule has 2 fully saturated rings. The number of anilines is 1.